The van der Waals surface area contributed by atoms with Crippen LogP contribution in [0.25, 0.3) is 0 Å². The van der Waals surface area contributed by atoms with Gasteiger partial charge in [0.15, 0.2) is 0 Å². The van der Waals surface area contributed by atoms with E-state index in [2.05, 4.69) is 0 Å². The maximum atomic E-state index is 12.8. The van der Waals surface area contributed by atoms with Crippen LogP contribution in [0.2, 0.25) is 0 Å². The van der Waals surface area contributed by atoms with Gasteiger partial charge in [-0.15, -0.1) is 0 Å². The average Bonchev–Trinajstić information content (AvgIpc) is 2.80. The van der Waals surface area contributed by atoms with Crippen molar-refractivity contribution in [2.45, 2.75) is 12.2 Å². The number of thiophene rings is 1. The van der Waals surface area contributed by atoms with Crippen molar-refractivity contribution in [2.24, 2.45) is 5.73 Å². The first-order valence-electron chi connectivity index (χ1n) is 4.94. The minimum absolute atomic E-state index is 0.110. The highest BCUT2D eigenvalue weighted by molar-refractivity contribution is 7.08. The molecular weight excluding hydrogens is 247 g/mol. The van der Waals surface area contributed by atoms with Crippen LogP contribution >= 0.6 is 11.3 Å². The normalized spacial score (nSPS) is 13.6. The van der Waals surface area contributed by atoms with Gasteiger partial charge in [-0.3, -0.25) is 0 Å². The Hall–Kier alpha value is -1.33. The summed E-state index contributed by atoms with van der Waals surface area (Å²) in [7, 11) is 0. The van der Waals surface area contributed by atoms with Gasteiger partial charge in [0.25, 0.3) is 0 Å². The molecule has 0 amide bonds. The molecule has 0 bridgehead atoms. The fourth-order valence-electron chi connectivity index (χ4n) is 1.66. The Morgan fingerprint density at radius 2 is 1.82 bits per heavy atom. The molecule has 0 unspecified atom stereocenters. The summed E-state index contributed by atoms with van der Waals surface area (Å²) in [5.74, 6) is 0. The molecule has 1 atom stereocenters. The number of alkyl halides is 3. The molecule has 2 N–H and O–H groups in total. The zero-order valence-corrected chi connectivity index (χ0v) is 9.55. The van der Waals surface area contributed by atoms with Crippen molar-refractivity contribution in [3.05, 3.63) is 57.8 Å². The van der Waals surface area contributed by atoms with Crippen LogP contribution in [0, 0.1) is 0 Å². The summed E-state index contributed by atoms with van der Waals surface area (Å²) in [5.41, 5.74) is 6.01. The van der Waals surface area contributed by atoms with Crippen molar-refractivity contribution in [1.82, 2.24) is 0 Å². The first-order chi connectivity index (χ1) is 8.00. The van der Waals surface area contributed by atoms with Crippen LogP contribution in [0.5, 0.6) is 0 Å². The standard InChI is InChI=1S/C12H10F3NS/c13-12(14,15)10-4-2-1-3-9(10)11(16)8-5-6-17-7-8/h1-7,11H,16H2/t11-/m0/s1. The van der Waals surface area contributed by atoms with Crippen LogP contribution in [0.15, 0.2) is 41.1 Å². The Morgan fingerprint density at radius 3 is 2.41 bits per heavy atom. The monoisotopic (exact) mass is 257 g/mol. The summed E-state index contributed by atoms with van der Waals surface area (Å²) < 4.78 is 38.4. The predicted molar refractivity (Wildman–Crippen MR) is 61.8 cm³/mol. The Balaban J connectivity index is 2.46. The third kappa shape index (κ3) is 2.50. The zero-order valence-electron chi connectivity index (χ0n) is 8.74. The van der Waals surface area contributed by atoms with E-state index < -0.39 is 17.8 Å². The molecule has 0 saturated carbocycles. The van der Waals surface area contributed by atoms with E-state index in [0.717, 1.165) is 6.07 Å². The van der Waals surface area contributed by atoms with Gasteiger partial charge in [0.2, 0.25) is 0 Å². The minimum atomic E-state index is -4.37. The first-order valence-corrected chi connectivity index (χ1v) is 5.88. The van der Waals surface area contributed by atoms with E-state index in [1.165, 1.54) is 23.5 Å². The van der Waals surface area contributed by atoms with E-state index in [1.54, 1.807) is 22.9 Å². The molecular formula is C12H10F3NS. The maximum Gasteiger partial charge on any atom is 0.416 e. The molecule has 0 aliphatic heterocycles. The molecule has 0 aliphatic carbocycles. The smallest absolute Gasteiger partial charge is 0.320 e. The highest BCUT2D eigenvalue weighted by Gasteiger charge is 2.34. The van der Waals surface area contributed by atoms with Gasteiger partial charge in [-0.05, 0) is 34.0 Å². The lowest BCUT2D eigenvalue weighted by Crippen LogP contribution is -2.17. The molecule has 2 aromatic rings. The van der Waals surface area contributed by atoms with E-state index in [0.29, 0.717) is 5.56 Å². The lowest BCUT2D eigenvalue weighted by molar-refractivity contribution is -0.138. The van der Waals surface area contributed by atoms with Crippen molar-refractivity contribution < 1.29 is 13.2 Å². The molecule has 90 valence electrons. The van der Waals surface area contributed by atoms with Crippen LogP contribution in [0.1, 0.15) is 22.7 Å². The Morgan fingerprint density at radius 1 is 1.12 bits per heavy atom. The zero-order chi connectivity index (χ0) is 12.5. The van der Waals surface area contributed by atoms with Gasteiger partial charge < -0.3 is 5.73 Å². The number of rotatable bonds is 2. The van der Waals surface area contributed by atoms with Crippen LogP contribution in [0.3, 0.4) is 0 Å². The van der Waals surface area contributed by atoms with Gasteiger partial charge in [-0.1, -0.05) is 18.2 Å². The van der Waals surface area contributed by atoms with Crippen LogP contribution in [-0.4, -0.2) is 0 Å². The van der Waals surface area contributed by atoms with E-state index >= 15 is 0 Å². The number of halogens is 3. The Bertz CT molecular complexity index is 491. The second-order valence-corrected chi connectivity index (χ2v) is 4.40. The van der Waals surface area contributed by atoms with Gasteiger partial charge >= 0.3 is 6.18 Å². The second-order valence-electron chi connectivity index (χ2n) is 3.62. The Labute approximate surface area is 101 Å². The highest BCUT2D eigenvalue weighted by Crippen LogP contribution is 2.35. The molecule has 0 saturated heterocycles. The first kappa shape index (κ1) is 12.1. The lowest BCUT2D eigenvalue weighted by Gasteiger charge is -2.17. The minimum Gasteiger partial charge on any atom is -0.320 e. The lowest BCUT2D eigenvalue weighted by atomic mass is 9.97. The molecule has 1 heterocycles. The fourth-order valence-corrected chi connectivity index (χ4v) is 2.35. The number of hydrogen-bond acceptors (Lipinski definition) is 2. The van der Waals surface area contributed by atoms with Crippen molar-refractivity contribution in [1.29, 1.82) is 0 Å². The molecule has 2 rings (SSSR count). The van der Waals surface area contributed by atoms with E-state index in [-0.39, 0.29) is 5.56 Å². The van der Waals surface area contributed by atoms with Crippen LogP contribution in [0.4, 0.5) is 13.2 Å². The van der Waals surface area contributed by atoms with Crippen molar-refractivity contribution in [3.8, 4) is 0 Å². The summed E-state index contributed by atoms with van der Waals surface area (Å²) >= 11 is 1.41. The van der Waals surface area contributed by atoms with Gasteiger partial charge in [-0.25, -0.2) is 0 Å². The fraction of sp³-hybridized carbons (Fsp3) is 0.167. The van der Waals surface area contributed by atoms with E-state index in [9.17, 15) is 13.2 Å². The predicted octanol–water partition coefficient (Wildman–Crippen LogP) is 3.82. The van der Waals surface area contributed by atoms with Gasteiger partial charge in [0.1, 0.15) is 0 Å². The molecule has 0 radical (unpaired) electrons. The molecule has 1 aromatic heterocycles. The molecule has 17 heavy (non-hydrogen) atoms. The molecule has 1 aromatic carbocycles. The molecule has 5 heteroatoms. The summed E-state index contributed by atoms with van der Waals surface area (Å²) in [5, 5.41) is 3.56. The van der Waals surface area contributed by atoms with Crippen molar-refractivity contribution >= 4 is 11.3 Å². The summed E-state index contributed by atoms with van der Waals surface area (Å²) in [6.45, 7) is 0. The van der Waals surface area contributed by atoms with Gasteiger partial charge in [-0.2, -0.15) is 24.5 Å². The SMILES string of the molecule is N[C@@H](c1ccsc1)c1ccccc1C(F)(F)F. The topological polar surface area (TPSA) is 26.0 Å². The number of benzene rings is 1. The van der Waals surface area contributed by atoms with E-state index in [1.807, 2.05) is 0 Å². The number of nitrogens with two attached hydrogens (primary N) is 1. The summed E-state index contributed by atoms with van der Waals surface area (Å²) in [6, 6.07) is 6.41. The largest absolute Gasteiger partial charge is 0.416 e. The highest BCUT2D eigenvalue weighted by atomic mass is 32.1. The van der Waals surface area contributed by atoms with Gasteiger partial charge in [0.05, 0.1) is 11.6 Å². The molecule has 0 aliphatic rings. The molecule has 1 nitrogen and oxygen atoms in total. The van der Waals surface area contributed by atoms with E-state index in [4.69, 9.17) is 5.73 Å². The Kier molecular flexibility index (Phi) is 3.22. The van der Waals surface area contributed by atoms with Crippen LogP contribution in [-0.2, 0) is 6.18 Å². The van der Waals surface area contributed by atoms with Crippen LogP contribution < -0.4 is 5.73 Å². The second kappa shape index (κ2) is 4.50. The molecule has 0 spiro atoms. The number of hydrogen-bond donors (Lipinski definition) is 1. The van der Waals surface area contributed by atoms with Gasteiger partial charge in [0, 0.05) is 0 Å². The average molecular weight is 257 g/mol. The van der Waals surface area contributed by atoms with Crippen molar-refractivity contribution in [3.63, 3.8) is 0 Å². The van der Waals surface area contributed by atoms with Crippen molar-refractivity contribution in [2.75, 3.05) is 0 Å². The summed E-state index contributed by atoms with van der Waals surface area (Å²) in [6.07, 6.45) is -4.37. The third-order valence-electron chi connectivity index (χ3n) is 2.50. The summed E-state index contributed by atoms with van der Waals surface area (Å²) in [4.78, 5) is 0. The molecule has 0 fully saturated rings. The third-order valence-corrected chi connectivity index (χ3v) is 3.21. The maximum absolute atomic E-state index is 12.8. The quantitative estimate of drug-likeness (QED) is 0.869.